The Kier molecular flexibility index (Phi) is 4.24. The average molecular weight is 310 g/mol. The molecule has 0 spiro atoms. The SMILES string of the molecule is COC(=O)c1ccc(S(=O)(=O)NCc2ccn[nH]2)c(N)c1. The van der Waals surface area contributed by atoms with Crippen LogP contribution < -0.4 is 10.5 Å². The molecule has 0 atom stereocenters. The smallest absolute Gasteiger partial charge is 0.337 e. The lowest BCUT2D eigenvalue weighted by Crippen LogP contribution is -2.24. The molecular formula is C12H14N4O4S. The number of H-pyrrole nitrogens is 1. The first-order valence-corrected chi connectivity index (χ1v) is 7.38. The van der Waals surface area contributed by atoms with Gasteiger partial charge in [0.15, 0.2) is 0 Å². The predicted octanol–water partition coefficient (Wildman–Crippen LogP) is 0.257. The first kappa shape index (κ1) is 15.0. The number of methoxy groups -OCH3 is 1. The zero-order valence-electron chi connectivity index (χ0n) is 11.2. The summed E-state index contributed by atoms with van der Waals surface area (Å²) in [5.41, 5.74) is 6.47. The number of carbonyl (C=O) groups is 1. The van der Waals surface area contributed by atoms with E-state index in [1.165, 1.54) is 31.5 Å². The molecule has 0 bridgehead atoms. The normalized spacial score (nSPS) is 11.3. The fourth-order valence-corrected chi connectivity index (χ4v) is 2.79. The number of aromatic amines is 1. The highest BCUT2D eigenvalue weighted by Crippen LogP contribution is 2.20. The van der Waals surface area contributed by atoms with Crippen LogP contribution in [0.1, 0.15) is 16.1 Å². The molecule has 2 rings (SSSR count). The molecule has 0 aliphatic rings. The van der Waals surface area contributed by atoms with Gasteiger partial charge in [-0.05, 0) is 24.3 Å². The Hall–Kier alpha value is -2.39. The average Bonchev–Trinajstić information content (AvgIpc) is 2.97. The first-order valence-electron chi connectivity index (χ1n) is 5.90. The van der Waals surface area contributed by atoms with Gasteiger partial charge in [0.05, 0.1) is 30.6 Å². The Morgan fingerprint density at radius 2 is 2.19 bits per heavy atom. The van der Waals surface area contributed by atoms with Crippen LogP contribution >= 0.6 is 0 Å². The maximum atomic E-state index is 12.2. The van der Waals surface area contributed by atoms with Crippen molar-refractivity contribution in [2.45, 2.75) is 11.4 Å². The van der Waals surface area contributed by atoms with E-state index in [1.54, 1.807) is 6.07 Å². The van der Waals surface area contributed by atoms with Crippen LogP contribution in [0.3, 0.4) is 0 Å². The summed E-state index contributed by atoms with van der Waals surface area (Å²) in [5.74, 6) is -0.587. The number of benzene rings is 1. The Labute approximate surface area is 121 Å². The van der Waals surface area contributed by atoms with Crippen molar-refractivity contribution in [2.75, 3.05) is 12.8 Å². The standard InChI is InChI=1S/C12H14N4O4S/c1-20-12(17)8-2-3-11(10(13)6-8)21(18,19)15-7-9-4-5-14-16-9/h2-6,15H,7,13H2,1H3,(H,14,16). The maximum absolute atomic E-state index is 12.2. The number of anilines is 1. The number of aromatic nitrogens is 2. The summed E-state index contributed by atoms with van der Waals surface area (Å²) >= 11 is 0. The van der Waals surface area contributed by atoms with Crippen molar-refractivity contribution < 1.29 is 17.9 Å². The minimum atomic E-state index is -3.79. The van der Waals surface area contributed by atoms with Crippen molar-refractivity contribution >= 4 is 21.7 Å². The fourth-order valence-electron chi connectivity index (χ4n) is 1.67. The molecule has 2 aromatic rings. The molecule has 1 aromatic carbocycles. The van der Waals surface area contributed by atoms with Gasteiger partial charge in [-0.1, -0.05) is 0 Å². The van der Waals surface area contributed by atoms with Crippen LogP contribution in [-0.2, 0) is 21.3 Å². The molecule has 0 saturated heterocycles. The van der Waals surface area contributed by atoms with E-state index >= 15 is 0 Å². The lowest BCUT2D eigenvalue weighted by Gasteiger charge is -2.09. The number of nitrogens with zero attached hydrogens (tertiary/aromatic N) is 1. The van der Waals surface area contributed by atoms with Crippen molar-refractivity contribution in [2.24, 2.45) is 0 Å². The van der Waals surface area contributed by atoms with Crippen molar-refractivity contribution in [1.29, 1.82) is 0 Å². The van der Waals surface area contributed by atoms with E-state index in [-0.39, 0.29) is 22.7 Å². The van der Waals surface area contributed by atoms with Gasteiger partial charge in [-0.2, -0.15) is 5.10 Å². The first-order chi connectivity index (χ1) is 9.94. The number of esters is 1. The third-order valence-corrected chi connectivity index (χ3v) is 4.21. The monoisotopic (exact) mass is 310 g/mol. The summed E-state index contributed by atoms with van der Waals surface area (Å²) in [6, 6.07) is 5.51. The van der Waals surface area contributed by atoms with Gasteiger partial charge in [0, 0.05) is 6.20 Å². The summed E-state index contributed by atoms with van der Waals surface area (Å²) in [5, 5.41) is 6.36. The summed E-state index contributed by atoms with van der Waals surface area (Å²) in [6.07, 6.45) is 1.52. The number of carbonyl (C=O) groups excluding carboxylic acids is 1. The summed E-state index contributed by atoms with van der Waals surface area (Å²) < 4.78 is 31.2. The van der Waals surface area contributed by atoms with E-state index in [1.807, 2.05) is 0 Å². The van der Waals surface area contributed by atoms with Crippen LogP contribution in [0.2, 0.25) is 0 Å². The van der Waals surface area contributed by atoms with Crippen LogP contribution in [0.15, 0.2) is 35.4 Å². The lowest BCUT2D eigenvalue weighted by atomic mass is 10.2. The van der Waals surface area contributed by atoms with Crippen LogP contribution in [0.25, 0.3) is 0 Å². The van der Waals surface area contributed by atoms with Crippen LogP contribution in [-0.4, -0.2) is 31.7 Å². The minimum Gasteiger partial charge on any atom is -0.465 e. The second kappa shape index (κ2) is 5.94. The molecule has 112 valence electrons. The van der Waals surface area contributed by atoms with Gasteiger partial charge >= 0.3 is 5.97 Å². The van der Waals surface area contributed by atoms with E-state index in [2.05, 4.69) is 19.7 Å². The predicted molar refractivity (Wildman–Crippen MR) is 74.8 cm³/mol. The van der Waals surface area contributed by atoms with E-state index in [9.17, 15) is 13.2 Å². The topological polar surface area (TPSA) is 127 Å². The number of hydrogen-bond acceptors (Lipinski definition) is 6. The Balaban J connectivity index is 2.21. The minimum absolute atomic E-state index is 0.0324. The van der Waals surface area contributed by atoms with Crippen molar-refractivity contribution in [1.82, 2.24) is 14.9 Å². The highest BCUT2D eigenvalue weighted by molar-refractivity contribution is 7.89. The van der Waals surface area contributed by atoms with Crippen LogP contribution in [0.5, 0.6) is 0 Å². The molecule has 0 unspecified atom stereocenters. The number of nitrogen functional groups attached to an aromatic ring is 1. The van der Waals surface area contributed by atoms with E-state index < -0.39 is 16.0 Å². The Morgan fingerprint density at radius 3 is 2.76 bits per heavy atom. The van der Waals surface area contributed by atoms with E-state index in [4.69, 9.17) is 5.73 Å². The van der Waals surface area contributed by atoms with Gasteiger partial charge in [-0.15, -0.1) is 0 Å². The number of nitrogens with one attached hydrogen (secondary N) is 2. The van der Waals surface area contributed by atoms with Crippen LogP contribution in [0.4, 0.5) is 5.69 Å². The van der Waals surface area contributed by atoms with Gasteiger partial charge in [0.2, 0.25) is 10.0 Å². The molecular weight excluding hydrogens is 296 g/mol. The van der Waals surface area contributed by atoms with Gasteiger partial charge in [0.1, 0.15) is 4.90 Å². The summed E-state index contributed by atoms with van der Waals surface area (Å²) in [6.45, 7) is 0.0561. The quantitative estimate of drug-likeness (QED) is 0.537. The van der Waals surface area contributed by atoms with Gasteiger partial charge in [-0.25, -0.2) is 17.9 Å². The summed E-state index contributed by atoms with van der Waals surface area (Å²) in [7, 11) is -2.56. The second-order valence-corrected chi connectivity index (χ2v) is 5.89. The molecule has 0 fully saturated rings. The number of hydrogen-bond donors (Lipinski definition) is 3. The lowest BCUT2D eigenvalue weighted by molar-refractivity contribution is 0.0600. The van der Waals surface area contributed by atoms with Gasteiger partial charge < -0.3 is 10.5 Å². The molecule has 0 aliphatic carbocycles. The van der Waals surface area contributed by atoms with Crippen molar-refractivity contribution in [3.05, 3.63) is 41.7 Å². The Morgan fingerprint density at radius 1 is 1.43 bits per heavy atom. The van der Waals surface area contributed by atoms with E-state index in [0.29, 0.717) is 5.69 Å². The fraction of sp³-hybridized carbons (Fsp3) is 0.167. The molecule has 0 aliphatic heterocycles. The molecule has 4 N–H and O–H groups in total. The van der Waals surface area contributed by atoms with E-state index in [0.717, 1.165) is 0 Å². The molecule has 0 saturated carbocycles. The number of nitrogens with two attached hydrogens (primary N) is 1. The van der Waals surface area contributed by atoms with Crippen LogP contribution in [0, 0.1) is 0 Å². The van der Waals surface area contributed by atoms with Crippen molar-refractivity contribution in [3.63, 3.8) is 0 Å². The zero-order valence-corrected chi connectivity index (χ0v) is 12.0. The second-order valence-electron chi connectivity index (χ2n) is 4.15. The number of rotatable bonds is 5. The molecule has 0 amide bonds. The summed E-state index contributed by atoms with van der Waals surface area (Å²) in [4.78, 5) is 11.3. The highest BCUT2D eigenvalue weighted by Gasteiger charge is 2.19. The molecule has 1 aromatic heterocycles. The molecule has 9 heteroatoms. The number of ether oxygens (including phenoxy) is 1. The van der Waals surface area contributed by atoms with Gasteiger partial charge in [0.25, 0.3) is 0 Å². The molecule has 0 radical (unpaired) electrons. The third-order valence-electron chi connectivity index (χ3n) is 2.73. The molecule has 21 heavy (non-hydrogen) atoms. The third kappa shape index (κ3) is 3.38. The zero-order chi connectivity index (χ0) is 15.5. The van der Waals surface area contributed by atoms with Gasteiger partial charge in [-0.3, -0.25) is 5.10 Å². The van der Waals surface area contributed by atoms with Crippen molar-refractivity contribution in [3.8, 4) is 0 Å². The highest BCUT2D eigenvalue weighted by atomic mass is 32.2. The Bertz CT molecular complexity index is 741. The number of sulfonamides is 1. The maximum Gasteiger partial charge on any atom is 0.337 e. The molecule has 8 nitrogen and oxygen atoms in total. The largest absolute Gasteiger partial charge is 0.465 e. The molecule has 1 heterocycles.